The highest BCUT2D eigenvalue weighted by molar-refractivity contribution is 9.10. The van der Waals surface area contributed by atoms with E-state index in [1.54, 1.807) is 0 Å². The number of hydrogen-bond acceptors (Lipinski definition) is 4. The van der Waals surface area contributed by atoms with Crippen molar-refractivity contribution in [1.82, 2.24) is 9.97 Å². The molecule has 7 heteroatoms. The van der Waals surface area contributed by atoms with Crippen LogP contribution in [-0.2, 0) is 17.0 Å². The van der Waals surface area contributed by atoms with Crippen LogP contribution in [0.3, 0.4) is 0 Å². The molecule has 0 bridgehead atoms. The number of rotatable bonds is 7. The Morgan fingerprint density at radius 3 is 2.54 bits per heavy atom. The van der Waals surface area contributed by atoms with Crippen LogP contribution in [0, 0.1) is 6.92 Å². The maximum absolute atomic E-state index is 12.4. The SMILES string of the molecule is Cc1nc(SCc2ccccc2)[nH]c(=O)c1CCC(=O)Nc1ccc(Br)cc1. The first-order chi connectivity index (χ1) is 13.5. The minimum absolute atomic E-state index is 0.136. The number of nitrogens with one attached hydrogen (secondary N) is 2. The molecule has 3 rings (SSSR count). The monoisotopic (exact) mass is 457 g/mol. The van der Waals surface area contributed by atoms with Crippen LogP contribution in [0.25, 0.3) is 0 Å². The molecule has 2 N–H and O–H groups in total. The number of aryl methyl sites for hydroxylation is 1. The van der Waals surface area contributed by atoms with Gasteiger partial charge in [0, 0.05) is 33.6 Å². The Morgan fingerprint density at radius 2 is 1.86 bits per heavy atom. The topological polar surface area (TPSA) is 74.8 Å². The normalized spacial score (nSPS) is 10.6. The van der Waals surface area contributed by atoms with Crippen molar-refractivity contribution < 1.29 is 4.79 Å². The summed E-state index contributed by atoms with van der Waals surface area (Å²) in [6.07, 6.45) is 0.568. The van der Waals surface area contributed by atoms with Gasteiger partial charge in [-0.25, -0.2) is 4.98 Å². The third-order valence-corrected chi connectivity index (χ3v) is 5.62. The molecule has 1 heterocycles. The van der Waals surface area contributed by atoms with Gasteiger partial charge in [-0.2, -0.15) is 0 Å². The van der Waals surface area contributed by atoms with E-state index in [2.05, 4.69) is 31.2 Å². The van der Waals surface area contributed by atoms with E-state index in [0.717, 1.165) is 15.9 Å². The number of carbonyl (C=O) groups excluding carboxylic acids is 1. The molecule has 0 atom stereocenters. The van der Waals surface area contributed by atoms with Crippen molar-refractivity contribution in [3.8, 4) is 0 Å². The lowest BCUT2D eigenvalue weighted by Crippen LogP contribution is -2.20. The molecule has 0 aliphatic carbocycles. The smallest absolute Gasteiger partial charge is 0.254 e. The van der Waals surface area contributed by atoms with Crippen LogP contribution < -0.4 is 10.9 Å². The molecule has 0 aliphatic rings. The average molecular weight is 458 g/mol. The van der Waals surface area contributed by atoms with Crippen LogP contribution in [0.1, 0.15) is 23.2 Å². The summed E-state index contributed by atoms with van der Waals surface area (Å²) in [6, 6.07) is 17.4. The Morgan fingerprint density at radius 1 is 1.14 bits per heavy atom. The zero-order valence-electron chi connectivity index (χ0n) is 15.4. The second-order valence-corrected chi connectivity index (χ2v) is 8.14. The third-order valence-electron chi connectivity index (χ3n) is 4.15. The highest BCUT2D eigenvalue weighted by Crippen LogP contribution is 2.19. The maximum atomic E-state index is 12.4. The van der Waals surface area contributed by atoms with Gasteiger partial charge in [-0.3, -0.25) is 9.59 Å². The quantitative estimate of drug-likeness (QED) is 0.398. The molecule has 0 unspecified atom stereocenters. The predicted octanol–water partition coefficient (Wildman–Crippen LogP) is 4.70. The Balaban J connectivity index is 1.58. The number of nitrogens with zero attached hydrogens (tertiary/aromatic N) is 1. The minimum atomic E-state index is -0.181. The maximum Gasteiger partial charge on any atom is 0.254 e. The fourth-order valence-electron chi connectivity index (χ4n) is 2.67. The van der Waals surface area contributed by atoms with Gasteiger partial charge in [0.15, 0.2) is 5.16 Å². The number of anilines is 1. The van der Waals surface area contributed by atoms with E-state index in [-0.39, 0.29) is 17.9 Å². The number of benzene rings is 2. The van der Waals surface area contributed by atoms with Gasteiger partial charge in [0.25, 0.3) is 5.56 Å². The van der Waals surface area contributed by atoms with Crippen LogP contribution in [0.5, 0.6) is 0 Å². The molecule has 0 spiro atoms. The van der Waals surface area contributed by atoms with E-state index in [4.69, 9.17) is 0 Å². The fraction of sp³-hybridized carbons (Fsp3) is 0.190. The highest BCUT2D eigenvalue weighted by Gasteiger charge is 2.11. The molecule has 2 aromatic carbocycles. The fourth-order valence-corrected chi connectivity index (χ4v) is 3.80. The summed E-state index contributed by atoms with van der Waals surface area (Å²) in [7, 11) is 0. The Kier molecular flexibility index (Phi) is 7.06. The second-order valence-electron chi connectivity index (χ2n) is 6.26. The first kappa shape index (κ1) is 20.4. The number of aromatic nitrogens is 2. The van der Waals surface area contributed by atoms with E-state index in [9.17, 15) is 9.59 Å². The molecule has 1 aromatic heterocycles. The summed E-state index contributed by atoms with van der Waals surface area (Å²) in [4.78, 5) is 31.9. The summed E-state index contributed by atoms with van der Waals surface area (Å²) < 4.78 is 0.948. The number of halogens is 1. The Hall–Kier alpha value is -2.38. The summed E-state index contributed by atoms with van der Waals surface area (Å²) >= 11 is 4.85. The van der Waals surface area contributed by atoms with Gasteiger partial charge in [-0.05, 0) is 43.2 Å². The molecule has 3 aromatic rings. The second kappa shape index (κ2) is 9.71. The Bertz CT molecular complexity index is 1000. The molecular weight excluding hydrogens is 438 g/mol. The Labute approximate surface area is 176 Å². The van der Waals surface area contributed by atoms with Gasteiger partial charge < -0.3 is 10.3 Å². The van der Waals surface area contributed by atoms with Gasteiger partial charge in [-0.1, -0.05) is 58.0 Å². The van der Waals surface area contributed by atoms with Crippen LogP contribution in [-0.4, -0.2) is 15.9 Å². The van der Waals surface area contributed by atoms with Crippen molar-refractivity contribution >= 4 is 39.3 Å². The lowest BCUT2D eigenvalue weighted by Gasteiger charge is -2.08. The summed E-state index contributed by atoms with van der Waals surface area (Å²) in [5, 5.41) is 3.42. The molecule has 0 aliphatic heterocycles. The molecule has 5 nitrogen and oxygen atoms in total. The number of hydrogen-bond donors (Lipinski definition) is 2. The number of H-pyrrole nitrogens is 1. The third kappa shape index (κ3) is 5.81. The summed E-state index contributed by atoms with van der Waals surface area (Å²) in [6.45, 7) is 1.81. The van der Waals surface area contributed by atoms with E-state index < -0.39 is 0 Å². The van der Waals surface area contributed by atoms with E-state index in [1.807, 2.05) is 61.5 Å². The van der Waals surface area contributed by atoms with Gasteiger partial charge in [0.1, 0.15) is 0 Å². The number of amides is 1. The van der Waals surface area contributed by atoms with Crippen molar-refractivity contribution in [1.29, 1.82) is 0 Å². The zero-order chi connectivity index (χ0) is 19.9. The van der Waals surface area contributed by atoms with Gasteiger partial charge in [-0.15, -0.1) is 0 Å². The van der Waals surface area contributed by atoms with E-state index in [1.165, 1.54) is 17.3 Å². The van der Waals surface area contributed by atoms with Crippen molar-refractivity contribution in [2.75, 3.05) is 5.32 Å². The van der Waals surface area contributed by atoms with Crippen LogP contribution >= 0.6 is 27.7 Å². The van der Waals surface area contributed by atoms with Crippen molar-refractivity contribution in [3.63, 3.8) is 0 Å². The van der Waals surface area contributed by atoms with Gasteiger partial charge >= 0.3 is 0 Å². The largest absolute Gasteiger partial charge is 0.326 e. The first-order valence-corrected chi connectivity index (χ1v) is 10.6. The number of thioether (sulfide) groups is 1. The minimum Gasteiger partial charge on any atom is -0.326 e. The molecule has 0 saturated carbocycles. The lowest BCUT2D eigenvalue weighted by atomic mass is 10.1. The van der Waals surface area contributed by atoms with E-state index >= 15 is 0 Å². The lowest BCUT2D eigenvalue weighted by molar-refractivity contribution is -0.116. The van der Waals surface area contributed by atoms with Gasteiger partial charge in [0.05, 0.1) is 0 Å². The molecule has 144 valence electrons. The summed E-state index contributed by atoms with van der Waals surface area (Å²) in [5.41, 5.74) is 2.93. The first-order valence-electron chi connectivity index (χ1n) is 8.83. The van der Waals surface area contributed by atoms with E-state index in [0.29, 0.717) is 22.8 Å². The van der Waals surface area contributed by atoms with Crippen LogP contribution in [0.15, 0.2) is 69.0 Å². The summed E-state index contributed by atoms with van der Waals surface area (Å²) in [5.74, 6) is 0.599. The number of aromatic amines is 1. The standard InChI is InChI=1S/C21H20BrN3O2S/c1-14-18(11-12-19(26)24-17-9-7-16(22)8-10-17)20(27)25-21(23-14)28-13-15-5-3-2-4-6-15/h2-10H,11-13H2,1H3,(H,24,26)(H,23,25,27). The van der Waals surface area contributed by atoms with Crippen LogP contribution in [0.4, 0.5) is 5.69 Å². The highest BCUT2D eigenvalue weighted by atomic mass is 79.9. The predicted molar refractivity (Wildman–Crippen MR) is 117 cm³/mol. The average Bonchev–Trinajstić information content (AvgIpc) is 2.68. The number of carbonyl (C=O) groups is 1. The van der Waals surface area contributed by atoms with Crippen molar-refractivity contribution in [2.45, 2.75) is 30.7 Å². The molecule has 0 fully saturated rings. The molecular formula is C21H20BrN3O2S. The molecule has 0 radical (unpaired) electrons. The van der Waals surface area contributed by atoms with Crippen molar-refractivity contribution in [2.24, 2.45) is 0 Å². The van der Waals surface area contributed by atoms with Gasteiger partial charge in [0.2, 0.25) is 5.91 Å². The zero-order valence-corrected chi connectivity index (χ0v) is 17.8. The molecule has 0 saturated heterocycles. The van der Waals surface area contributed by atoms with Crippen molar-refractivity contribution in [3.05, 3.63) is 86.2 Å². The van der Waals surface area contributed by atoms with Crippen LogP contribution in [0.2, 0.25) is 0 Å². The molecule has 28 heavy (non-hydrogen) atoms. The molecule has 1 amide bonds.